The molecular weight excluding hydrogens is 356 g/mol. The standard InChI is InChI=1S/C17H34N4O2S2/c1-3-4-15-5-7-16(8-6-15)20-17(18-2)19-9-14-25(22,23)21-10-12-24-13-11-21/h15-16H,3-14H2,1-2H3,(H2,18,19,20). The van der Waals surface area contributed by atoms with Crippen molar-refractivity contribution in [2.75, 3.05) is 43.9 Å². The first-order chi connectivity index (χ1) is 12.0. The van der Waals surface area contributed by atoms with E-state index in [1.807, 2.05) is 11.8 Å². The van der Waals surface area contributed by atoms with Crippen LogP contribution in [0.2, 0.25) is 0 Å². The van der Waals surface area contributed by atoms with Crippen LogP contribution in [-0.2, 0) is 10.0 Å². The Kier molecular flexibility index (Phi) is 8.85. The predicted octanol–water partition coefficient (Wildman–Crippen LogP) is 1.89. The van der Waals surface area contributed by atoms with Gasteiger partial charge in [-0.25, -0.2) is 12.7 Å². The third-order valence-corrected chi connectivity index (χ3v) is 7.94. The molecule has 2 N–H and O–H groups in total. The normalized spacial score (nSPS) is 26.4. The van der Waals surface area contributed by atoms with Crippen LogP contribution in [0.1, 0.15) is 45.4 Å². The summed E-state index contributed by atoms with van der Waals surface area (Å²) in [5, 5.41) is 6.64. The molecule has 1 saturated heterocycles. The molecular formula is C17H34N4O2S2. The molecule has 0 aromatic rings. The molecule has 0 radical (unpaired) electrons. The molecule has 1 aliphatic carbocycles. The number of guanidine groups is 1. The number of hydrogen-bond donors (Lipinski definition) is 2. The minimum Gasteiger partial charge on any atom is -0.355 e. The highest BCUT2D eigenvalue weighted by Gasteiger charge is 2.24. The van der Waals surface area contributed by atoms with Crippen molar-refractivity contribution in [1.29, 1.82) is 0 Å². The minimum atomic E-state index is -3.16. The lowest BCUT2D eigenvalue weighted by Gasteiger charge is -2.30. The van der Waals surface area contributed by atoms with Crippen molar-refractivity contribution < 1.29 is 8.42 Å². The number of aliphatic imine (C=N–C) groups is 1. The van der Waals surface area contributed by atoms with Crippen LogP contribution in [-0.4, -0.2) is 68.7 Å². The predicted molar refractivity (Wildman–Crippen MR) is 108 cm³/mol. The molecule has 8 heteroatoms. The SMILES string of the molecule is CCCC1CCC(NC(=NC)NCCS(=O)(=O)N2CCSCC2)CC1. The maximum Gasteiger partial charge on any atom is 0.215 e. The van der Waals surface area contributed by atoms with E-state index < -0.39 is 10.0 Å². The van der Waals surface area contributed by atoms with Gasteiger partial charge in [-0.15, -0.1) is 0 Å². The van der Waals surface area contributed by atoms with Gasteiger partial charge >= 0.3 is 0 Å². The van der Waals surface area contributed by atoms with E-state index in [1.54, 1.807) is 11.4 Å². The van der Waals surface area contributed by atoms with Crippen LogP contribution in [0.3, 0.4) is 0 Å². The molecule has 0 amide bonds. The number of thioether (sulfide) groups is 1. The van der Waals surface area contributed by atoms with Crippen LogP contribution < -0.4 is 10.6 Å². The van der Waals surface area contributed by atoms with Gasteiger partial charge in [0.05, 0.1) is 5.75 Å². The van der Waals surface area contributed by atoms with Crippen LogP contribution in [0.25, 0.3) is 0 Å². The van der Waals surface area contributed by atoms with Gasteiger partial charge in [0.25, 0.3) is 0 Å². The van der Waals surface area contributed by atoms with Crippen molar-refractivity contribution in [3.8, 4) is 0 Å². The van der Waals surface area contributed by atoms with Crippen LogP contribution in [0.5, 0.6) is 0 Å². The smallest absolute Gasteiger partial charge is 0.215 e. The monoisotopic (exact) mass is 390 g/mol. The first-order valence-electron chi connectivity index (χ1n) is 9.58. The lowest BCUT2D eigenvalue weighted by atomic mass is 9.83. The number of sulfonamides is 1. The Morgan fingerprint density at radius 2 is 1.88 bits per heavy atom. The first kappa shape index (κ1) is 20.8. The van der Waals surface area contributed by atoms with Crippen LogP contribution >= 0.6 is 11.8 Å². The van der Waals surface area contributed by atoms with E-state index in [1.165, 1.54) is 38.5 Å². The van der Waals surface area contributed by atoms with E-state index >= 15 is 0 Å². The molecule has 0 atom stereocenters. The fraction of sp³-hybridized carbons (Fsp3) is 0.941. The summed E-state index contributed by atoms with van der Waals surface area (Å²) in [6, 6.07) is 0.454. The van der Waals surface area contributed by atoms with Crippen molar-refractivity contribution >= 4 is 27.7 Å². The highest BCUT2D eigenvalue weighted by molar-refractivity contribution is 7.99. The zero-order valence-electron chi connectivity index (χ0n) is 15.7. The number of nitrogens with one attached hydrogen (secondary N) is 2. The Labute approximate surface area is 157 Å². The molecule has 0 spiro atoms. The van der Waals surface area contributed by atoms with Crippen molar-refractivity contribution in [3.05, 3.63) is 0 Å². The second kappa shape index (κ2) is 10.6. The molecule has 1 saturated carbocycles. The summed E-state index contributed by atoms with van der Waals surface area (Å²) < 4.78 is 26.3. The molecule has 1 heterocycles. The maximum atomic E-state index is 12.4. The van der Waals surface area contributed by atoms with E-state index in [0.29, 0.717) is 25.7 Å². The quantitative estimate of drug-likeness (QED) is 0.513. The van der Waals surface area contributed by atoms with Crippen LogP contribution in [0, 0.1) is 5.92 Å². The first-order valence-corrected chi connectivity index (χ1v) is 12.3. The van der Waals surface area contributed by atoms with Gasteiger partial charge in [-0.3, -0.25) is 4.99 Å². The van der Waals surface area contributed by atoms with Gasteiger partial charge in [-0.05, 0) is 31.6 Å². The largest absolute Gasteiger partial charge is 0.355 e. The van der Waals surface area contributed by atoms with Gasteiger partial charge in [0.15, 0.2) is 5.96 Å². The Morgan fingerprint density at radius 3 is 2.48 bits per heavy atom. The maximum absolute atomic E-state index is 12.4. The van der Waals surface area contributed by atoms with Gasteiger partial charge in [-0.1, -0.05) is 19.8 Å². The minimum absolute atomic E-state index is 0.127. The highest BCUT2D eigenvalue weighted by atomic mass is 32.2. The molecule has 0 aromatic carbocycles. The summed E-state index contributed by atoms with van der Waals surface area (Å²) in [5.41, 5.74) is 0. The summed E-state index contributed by atoms with van der Waals surface area (Å²) >= 11 is 1.82. The zero-order chi connectivity index (χ0) is 18.1. The molecule has 2 rings (SSSR count). The fourth-order valence-corrected chi connectivity index (χ4v) is 6.14. The fourth-order valence-electron chi connectivity index (χ4n) is 3.64. The van der Waals surface area contributed by atoms with Crippen molar-refractivity contribution in [3.63, 3.8) is 0 Å². The Bertz CT molecular complexity index is 511. The van der Waals surface area contributed by atoms with Crippen LogP contribution in [0.15, 0.2) is 4.99 Å². The average Bonchev–Trinajstić information content (AvgIpc) is 2.63. The lowest BCUT2D eigenvalue weighted by Crippen LogP contribution is -2.47. The molecule has 0 aromatic heterocycles. The van der Waals surface area contributed by atoms with E-state index in [9.17, 15) is 8.42 Å². The summed E-state index contributed by atoms with van der Waals surface area (Å²) in [6.07, 6.45) is 7.53. The van der Waals surface area contributed by atoms with Crippen LogP contribution in [0.4, 0.5) is 0 Å². The zero-order valence-corrected chi connectivity index (χ0v) is 17.3. The summed E-state index contributed by atoms with van der Waals surface area (Å²) in [5.74, 6) is 3.53. The molecule has 0 unspecified atom stereocenters. The molecule has 2 fully saturated rings. The molecule has 1 aliphatic heterocycles. The summed E-state index contributed by atoms with van der Waals surface area (Å²) in [7, 11) is -1.41. The Hall–Kier alpha value is -0.470. The molecule has 2 aliphatic rings. The second-order valence-electron chi connectivity index (χ2n) is 6.98. The Morgan fingerprint density at radius 1 is 1.20 bits per heavy atom. The number of hydrogen-bond acceptors (Lipinski definition) is 4. The molecule has 25 heavy (non-hydrogen) atoms. The highest BCUT2D eigenvalue weighted by Crippen LogP contribution is 2.27. The van der Waals surface area contributed by atoms with Gasteiger partial charge in [-0.2, -0.15) is 11.8 Å². The average molecular weight is 391 g/mol. The molecule has 6 nitrogen and oxygen atoms in total. The van der Waals surface area contributed by atoms with E-state index in [0.717, 1.165) is 23.4 Å². The van der Waals surface area contributed by atoms with E-state index in [4.69, 9.17) is 0 Å². The number of nitrogens with zero attached hydrogens (tertiary/aromatic N) is 2. The Balaban J connectivity index is 1.70. The lowest BCUT2D eigenvalue weighted by molar-refractivity contribution is 0.295. The third-order valence-electron chi connectivity index (χ3n) is 5.12. The van der Waals surface area contributed by atoms with Gasteiger partial charge in [0, 0.05) is 44.2 Å². The van der Waals surface area contributed by atoms with Crippen molar-refractivity contribution in [2.45, 2.75) is 51.5 Å². The topological polar surface area (TPSA) is 73.8 Å². The van der Waals surface area contributed by atoms with E-state index in [2.05, 4.69) is 22.5 Å². The third kappa shape index (κ3) is 6.98. The van der Waals surface area contributed by atoms with Crippen molar-refractivity contribution in [2.24, 2.45) is 10.9 Å². The van der Waals surface area contributed by atoms with Gasteiger partial charge in [0.1, 0.15) is 0 Å². The summed E-state index contributed by atoms with van der Waals surface area (Å²) in [4.78, 5) is 4.25. The van der Waals surface area contributed by atoms with Crippen molar-refractivity contribution in [1.82, 2.24) is 14.9 Å². The van der Waals surface area contributed by atoms with E-state index in [-0.39, 0.29) is 5.75 Å². The van der Waals surface area contributed by atoms with Gasteiger partial charge in [0.2, 0.25) is 10.0 Å². The summed E-state index contributed by atoms with van der Waals surface area (Å²) in [6.45, 7) is 3.94. The molecule has 0 bridgehead atoms. The van der Waals surface area contributed by atoms with Gasteiger partial charge < -0.3 is 10.6 Å². The number of rotatable bonds is 7. The second-order valence-corrected chi connectivity index (χ2v) is 10.3. The molecule has 146 valence electrons.